The molecule has 1 unspecified atom stereocenters. The Morgan fingerprint density at radius 3 is 2.68 bits per heavy atom. The number of aromatic amines is 1. The highest BCUT2D eigenvalue weighted by Crippen LogP contribution is 2.35. The van der Waals surface area contributed by atoms with Gasteiger partial charge in [-0.1, -0.05) is 12.1 Å². The zero-order valence-corrected chi connectivity index (χ0v) is 19.4. The average molecular weight is 485 g/mol. The van der Waals surface area contributed by atoms with Crippen LogP contribution in [-0.2, 0) is 21.3 Å². The Morgan fingerprint density at radius 2 is 1.94 bits per heavy atom. The molecule has 0 radical (unpaired) electrons. The number of carbonyl (C=O) groups excluding carboxylic acids is 1. The highest BCUT2D eigenvalue weighted by atomic mass is 32.2. The molecular weight excluding hydrogens is 460 g/mol. The molecule has 2 aliphatic heterocycles. The molecule has 34 heavy (non-hydrogen) atoms. The molecule has 0 spiro atoms. The van der Waals surface area contributed by atoms with Crippen molar-refractivity contribution in [3.05, 3.63) is 63.9 Å². The molecule has 1 aromatic heterocycles. The molecule has 0 amide bonds. The lowest BCUT2D eigenvalue weighted by Crippen LogP contribution is -2.38. The number of ketones is 1. The molecule has 178 valence electrons. The quantitative estimate of drug-likeness (QED) is 0.513. The molecule has 1 N–H and O–H groups in total. The predicted octanol–water partition coefficient (Wildman–Crippen LogP) is 2.83. The Morgan fingerprint density at radius 1 is 1.15 bits per heavy atom. The lowest BCUT2D eigenvalue weighted by atomic mass is 10.1. The first-order valence-corrected chi connectivity index (χ1v) is 12.4. The van der Waals surface area contributed by atoms with E-state index in [1.807, 2.05) is 0 Å². The van der Waals surface area contributed by atoms with Gasteiger partial charge in [-0.2, -0.15) is 4.31 Å². The smallest absolute Gasteiger partial charge is 0.252 e. The van der Waals surface area contributed by atoms with E-state index in [0.717, 1.165) is 12.8 Å². The Balaban J connectivity index is 1.53. The van der Waals surface area contributed by atoms with Gasteiger partial charge < -0.3 is 19.2 Å². The molecule has 3 heterocycles. The van der Waals surface area contributed by atoms with E-state index >= 15 is 0 Å². The van der Waals surface area contributed by atoms with Crippen molar-refractivity contribution in [2.75, 3.05) is 19.9 Å². The summed E-state index contributed by atoms with van der Waals surface area (Å²) in [6, 6.07) is 11.0. The molecule has 9 nitrogen and oxygen atoms in total. The summed E-state index contributed by atoms with van der Waals surface area (Å²) in [6.07, 6.45) is 1.32. The number of nitrogens with one attached hydrogen (secondary N) is 1. The number of hydrogen-bond donors (Lipinski definition) is 1. The summed E-state index contributed by atoms with van der Waals surface area (Å²) < 4.78 is 45.0. The van der Waals surface area contributed by atoms with Crippen LogP contribution in [0.3, 0.4) is 0 Å². The van der Waals surface area contributed by atoms with E-state index in [2.05, 4.69) is 4.98 Å². The maximum atomic E-state index is 13.6. The van der Waals surface area contributed by atoms with E-state index < -0.39 is 15.6 Å². The molecule has 1 atom stereocenters. The zero-order valence-electron chi connectivity index (χ0n) is 18.6. The van der Waals surface area contributed by atoms with E-state index in [0.29, 0.717) is 34.6 Å². The predicted molar refractivity (Wildman–Crippen MR) is 124 cm³/mol. The maximum Gasteiger partial charge on any atom is 0.252 e. The number of benzene rings is 2. The molecular formula is C24H24N2O7S. The fourth-order valence-electron chi connectivity index (χ4n) is 4.24. The number of hydrogen-bond acceptors (Lipinski definition) is 7. The number of H-pyrrole nitrogens is 1. The average Bonchev–Trinajstić information content (AvgIpc) is 3.49. The second-order valence-corrected chi connectivity index (χ2v) is 10.4. The van der Waals surface area contributed by atoms with E-state index in [4.69, 9.17) is 14.2 Å². The summed E-state index contributed by atoms with van der Waals surface area (Å²) in [5, 5.41) is 0.701. The van der Waals surface area contributed by atoms with Crippen LogP contribution in [0.1, 0.15) is 35.7 Å². The van der Waals surface area contributed by atoms with Gasteiger partial charge in [0.05, 0.1) is 16.5 Å². The van der Waals surface area contributed by atoms with Gasteiger partial charge in [-0.25, -0.2) is 8.42 Å². The summed E-state index contributed by atoms with van der Waals surface area (Å²) in [5.41, 5.74) is 0.769. The SMILES string of the molecule is CC(=O)c1cccc(S(=O)(=O)N(Cc2cc3cc4c(cc3[nH]c2=O)OCO4)CC2CCCO2)c1. The molecule has 0 saturated carbocycles. The van der Waals surface area contributed by atoms with Gasteiger partial charge in [0.1, 0.15) is 0 Å². The number of aromatic nitrogens is 1. The number of ether oxygens (including phenoxy) is 3. The topological polar surface area (TPSA) is 115 Å². The minimum atomic E-state index is -4.02. The zero-order chi connectivity index (χ0) is 23.9. The van der Waals surface area contributed by atoms with Crippen LogP contribution in [-0.4, -0.2) is 49.5 Å². The fraction of sp³-hybridized carbons (Fsp3) is 0.333. The van der Waals surface area contributed by atoms with Gasteiger partial charge in [-0.3, -0.25) is 9.59 Å². The van der Waals surface area contributed by atoms with Gasteiger partial charge in [-0.05, 0) is 44.0 Å². The molecule has 1 fully saturated rings. The second-order valence-electron chi connectivity index (χ2n) is 8.43. The van der Waals surface area contributed by atoms with Crippen LogP contribution in [0.4, 0.5) is 0 Å². The lowest BCUT2D eigenvalue weighted by molar-refractivity contribution is 0.0925. The van der Waals surface area contributed by atoms with Gasteiger partial charge in [0.15, 0.2) is 17.3 Å². The van der Waals surface area contributed by atoms with Gasteiger partial charge in [0, 0.05) is 42.3 Å². The standard InChI is InChI=1S/C24H24N2O7S/c1-15(27)16-4-2-6-20(9-16)34(29,30)26(13-19-5-3-7-31-19)12-18-8-17-10-22-23(33-14-32-22)11-21(17)25-24(18)28/h2,4,6,8-11,19H,3,5,7,12-14H2,1H3,(H,25,28). The molecule has 0 bridgehead atoms. The third-order valence-corrected chi connectivity index (χ3v) is 7.88. The Hall–Kier alpha value is -3.21. The van der Waals surface area contributed by atoms with E-state index in [1.165, 1.54) is 23.4 Å². The molecule has 3 aromatic rings. The van der Waals surface area contributed by atoms with Crippen molar-refractivity contribution >= 4 is 26.7 Å². The fourth-order valence-corrected chi connectivity index (χ4v) is 5.73. The summed E-state index contributed by atoms with van der Waals surface area (Å²) in [6.45, 7) is 2.02. The summed E-state index contributed by atoms with van der Waals surface area (Å²) in [7, 11) is -4.02. The molecule has 2 aromatic carbocycles. The summed E-state index contributed by atoms with van der Waals surface area (Å²) in [5.74, 6) is 0.881. The van der Waals surface area contributed by atoms with E-state index in [9.17, 15) is 18.0 Å². The van der Waals surface area contributed by atoms with Crippen LogP contribution in [0.25, 0.3) is 10.9 Å². The highest BCUT2D eigenvalue weighted by Gasteiger charge is 2.30. The molecule has 5 rings (SSSR count). The second kappa shape index (κ2) is 8.86. The Labute approximate surface area is 196 Å². The van der Waals surface area contributed by atoms with Crippen molar-refractivity contribution in [1.29, 1.82) is 0 Å². The number of rotatable bonds is 7. The van der Waals surface area contributed by atoms with Crippen molar-refractivity contribution in [3.63, 3.8) is 0 Å². The summed E-state index contributed by atoms with van der Waals surface area (Å²) >= 11 is 0. The van der Waals surface area contributed by atoms with Crippen LogP contribution in [0.5, 0.6) is 11.5 Å². The number of Topliss-reactive ketones (excluding diaryl/α,β-unsaturated/α-hetero) is 1. The van der Waals surface area contributed by atoms with Crippen molar-refractivity contribution in [2.24, 2.45) is 0 Å². The van der Waals surface area contributed by atoms with E-state index in [-0.39, 0.29) is 42.2 Å². The Bertz CT molecular complexity index is 1420. The lowest BCUT2D eigenvalue weighted by Gasteiger charge is -2.25. The number of fused-ring (bicyclic) bond motifs is 2. The first-order valence-electron chi connectivity index (χ1n) is 11.0. The van der Waals surface area contributed by atoms with Gasteiger partial charge in [-0.15, -0.1) is 0 Å². The first kappa shape index (κ1) is 22.6. The van der Waals surface area contributed by atoms with Gasteiger partial charge in [0.25, 0.3) is 5.56 Å². The number of pyridine rings is 1. The van der Waals surface area contributed by atoms with Crippen LogP contribution >= 0.6 is 0 Å². The van der Waals surface area contributed by atoms with Crippen LogP contribution in [0, 0.1) is 0 Å². The number of sulfonamides is 1. The monoisotopic (exact) mass is 484 g/mol. The first-order chi connectivity index (χ1) is 16.3. The van der Waals surface area contributed by atoms with Crippen LogP contribution < -0.4 is 15.0 Å². The summed E-state index contributed by atoms with van der Waals surface area (Å²) in [4.78, 5) is 27.5. The van der Waals surface area contributed by atoms with E-state index in [1.54, 1.807) is 30.3 Å². The molecule has 1 saturated heterocycles. The maximum absolute atomic E-state index is 13.6. The van der Waals surface area contributed by atoms with Gasteiger partial charge >= 0.3 is 0 Å². The minimum Gasteiger partial charge on any atom is -0.454 e. The van der Waals surface area contributed by atoms with Crippen molar-refractivity contribution in [3.8, 4) is 11.5 Å². The van der Waals surface area contributed by atoms with Crippen molar-refractivity contribution < 1.29 is 27.4 Å². The molecule has 2 aliphatic rings. The third-order valence-electron chi connectivity index (χ3n) is 6.07. The largest absolute Gasteiger partial charge is 0.454 e. The van der Waals surface area contributed by atoms with Crippen LogP contribution in [0.15, 0.2) is 52.2 Å². The molecule has 0 aliphatic carbocycles. The number of nitrogens with zero attached hydrogens (tertiary/aromatic N) is 1. The van der Waals surface area contributed by atoms with Gasteiger partial charge in [0.2, 0.25) is 16.8 Å². The highest BCUT2D eigenvalue weighted by molar-refractivity contribution is 7.89. The Kier molecular flexibility index (Phi) is 5.88. The third kappa shape index (κ3) is 4.31. The number of carbonyl (C=O) groups is 1. The molecule has 10 heteroatoms. The van der Waals surface area contributed by atoms with Crippen molar-refractivity contribution in [1.82, 2.24) is 9.29 Å². The van der Waals surface area contributed by atoms with Crippen LogP contribution in [0.2, 0.25) is 0 Å². The normalized spacial score (nSPS) is 17.5. The van der Waals surface area contributed by atoms with Crippen molar-refractivity contribution in [2.45, 2.75) is 37.3 Å². The minimum absolute atomic E-state index is 0.00113.